The second-order valence-corrected chi connectivity index (χ2v) is 6.19. The zero-order valence-corrected chi connectivity index (χ0v) is 13.7. The number of nitriles is 2. The van der Waals surface area contributed by atoms with Crippen LogP contribution < -0.4 is 4.74 Å². The number of benzene rings is 2. The van der Waals surface area contributed by atoms with Gasteiger partial charge in [-0.05, 0) is 36.6 Å². The molecule has 1 heterocycles. The van der Waals surface area contributed by atoms with Gasteiger partial charge in [0.25, 0.3) is 0 Å². The van der Waals surface area contributed by atoms with E-state index in [-0.39, 0.29) is 5.92 Å². The Morgan fingerprint density at radius 3 is 2.21 bits per heavy atom. The molecular formula is C20H18N2O2. The van der Waals surface area contributed by atoms with E-state index in [1.54, 1.807) is 7.11 Å². The van der Waals surface area contributed by atoms with Crippen molar-refractivity contribution in [3.8, 4) is 17.9 Å². The molecule has 4 nitrogen and oxygen atoms in total. The van der Waals surface area contributed by atoms with E-state index in [0.717, 1.165) is 16.9 Å². The van der Waals surface area contributed by atoms with Crippen LogP contribution >= 0.6 is 0 Å². The van der Waals surface area contributed by atoms with Gasteiger partial charge in [-0.15, -0.1) is 0 Å². The Morgan fingerprint density at radius 1 is 1.04 bits per heavy atom. The Labute approximate surface area is 141 Å². The van der Waals surface area contributed by atoms with Gasteiger partial charge < -0.3 is 9.47 Å². The van der Waals surface area contributed by atoms with Crippen molar-refractivity contribution in [2.45, 2.75) is 30.5 Å². The van der Waals surface area contributed by atoms with Crippen LogP contribution in [0.1, 0.15) is 30.4 Å². The normalized spacial score (nSPS) is 24.8. The molecule has 4 heteroatoms. The minimum Gasteiger partial charge on any atom is -0.497 e. The summed E-state index contributed by atoms with van der Waals surface area (Å²) < 4.78 is 11.3. The third-order valence-corrected chi connectivity index (χ3v) is 4.71. The number of nitrogens with zero attached hydrogens (tertiary/aromatic N) is 2. The molecular weight excluding hydrogens is 300 g/mol. The maximum absolute atomic E-state index is 9.71. The Kier molecular flexibility index (Phi) is 4.01. The SMILES string of the molecule is COc1ccc([C@@H]2C[C@](C)(c3ccccc3)OC2(C#N)C#N)cc1. The molecule has 0 spiro atoms. The molecule has 2 aromatic carbocycles. The molecule has 0 amide bonds. The van der Waals surface area contributed by atoms with E-state index in [9.17, 15) is 10.5 Å². The van der Waals surface area contributed by atoms with Gasteiger partial charge in [0.1, 0.15) is 17.9 Å². The fraction of sp³-hybridized carbons (Fsp3) is 0.300. The van der Waals surface area contributed by atoms with Crippen molar-refractivity contribution < 1.29 is 9.47 Å². The van der Waals surface area contributed by atoms with E-state index in [1.807, 2.05) is 61.5 Å². The van der Waals surface area contributed by atoms with Crippen LogP contribution in [0, 0.1) is 22.7 Å². The van der Waals surface area contributed by atoms with Gasteiger partial charge in [0.2, 0.25) is 5.60 Å². The monoisotopic (exact) mass is 318 g/mol. The van der Waals surface area contributed by atoms with Crippen LogP contribution in [0.25, 0.3) is 0 Å². The molecule has 0 saturated carbocycles. The summed E-state index contributed by atoms with van der Waals surface area (Å²) in [6, 6.07) is 21.4. The van der Waals surface area contributed by atoms with Crippen molar-refractivity contribution in [3.63, 3.8) is 0 Å². The molecule has 0 aromatic heterocycles. The predicted molar refractivity (Wildman–Crippen MR) is 89.2 cm³/mol. The summed E-state index contributed by atoms with van der Waals surface area (Å²) in [5.74, 6) is 0.409. The van der Waals surface area contributed by atoms with E-state index in [1.165, 1.54) is 0 Å². The molecule has 0 bridgehead atoms. The third-order valence-electron chi connectivity index (χ3n) is 4.71. The first kappa shape index (κ1) is 16.1. The third kappa shape index (κ3) is 2.52. The number of hydrogen-bond acceptors (Lipinski definition) is 4. The molecule has 0 unspecified atom stereocenters. The largest absolute Gasteiger partial charge is 0.497 e. The maximum Gasteiger partial charge on any atom is 0.248 e. The fourth-order valence-electron chi connectivity index (χ4n) is 3.38. The summed E-state index contributed by atoms with van der Waals surface area (Å²) in [5, 5.41) is 19.4. The number of rotatable bonds is 3. The van der Waals surface area contributed by atoms with Gasteiger partial charge in [-0.25, -0.2) is 0 Å². The highest BCUT2D eigenvalue weighted by molar-refractivity contribution is 5.41. The summed E-state index contributed by atoms with van der Waals surface area (Å²) >= 11 is 0. The molecule has 1 aliphatic heterocycles. The lowest BCUT2D eigenvalue weighted by molar-refractivity contribution is -0.0443. The molecule has 0 aliphatic carbocycles. The van der Waals surface area contributed by atoms with Crippen LogP contribution in [0.4, 0.5) is 0 Å². The molecule has 1 saturated heterocycles. The van der Waals surface area contributed by atoms with Gasteiger partial charge in [-0.3, -0.25) is 0 Å². The van der Waals surface area contributed by atoms with Crippen LogP contribution in [0.3, 0.4) is 0 Å². The Balaban J connectivity index is 2.04. The van der Waals surface area contributed by atoms with E-state index >= 15 is 0 Å². The maximum atomic E-state index is 9.71. The molecule has 3 rings (SSSR count). The van der Waals surface area contributed by atoms with Crippen LogP contribution in [-0.4, -0.2) is 12.7 Å². The minimum absolute atomic E-state index is 0.330. The highest BCUT2D eigenvalue weighted by Crippen LogP contribution is 2.52. The minimum atomic E-state index is -1.50. The molecule has 0 radical (unpaired) electrons. The topological polar surface area (TPSA) is 66.0 Å². The molecule has 1 fully saturated rings. The van der Waals surface area contributed by atoms with Crippen molar-refractivity contribution in [1.82, 2.24) is 0 Å². The molecule has 2 aromatic rings. The smallest absolute Gasteiger partial charge is 0.248 e. The highest BCUT2D eigenvalue weighted by atomic mass is 16.5. The Bertz CT molecular complexity index is 788. The number of ether oxygens (including phenoxy) is 2. The van der Waals surface area contributed by atoms with Crippen LogP contribution in [0.2, 0.25) is 0 Å². The number of hydrogen-bond donors (Lipinski definition) is 0. The fourth-order valence-corrected chi connectivity index (χ4v) is 3.38. The molecule has 24 heavy (non-hydrogen) atoms. The quantitative estimate of drug-likeness (QED) is 0.861. The Morgan fingerprint density at radius 2 is 1.67 bits per heavy atom. The van der Waals surface area contributed by atoms with Crippen molar-refractivity contribution in [1.29, 1.82) is 10.5 Å². The number of methoxy groups -OCH3 is 1. The van der Waals surface area contributed by atoms with Gasteiger partial charge in [0.15, 0.2) is 0 Å². The molecule has 120 valence electrons. The highest BCUT2D eigenvalue weighted by Gasteiger charge is 2.56. The summed E-state index contributed by atoms with van der Waals surface area (Å²) in [4.78, 5) is 0. The average molecular weight is 318 g/mol. The summed E-state index contributed by atoms with van der Waals surface area (Å²) in [7, 11) is 1.61. The summed E-state index contributed by atoms with van der Waals surface area (Å²) in [6.07, 6.45) is 0.560. The van der Waals surface area contributed by atoms with Crippen LogP contribution in [0.5, 0.6) is 5.75 Å². The van der Waals surface area contributed by atoms with E-state index in [2.05, 4.69) is 12.1 Å². The first-order valence-corrected chi connectivity index (χ1v) is 7.79. The van der Waals surface area contributed by atoms with Crippen molar-refractivity contribution in [3.05, 3.63) is 65.7 Å². The zero-order chi connectivity index (χ0) is 17.2. The zero-order valence-electron chi connectivity index (χ0n) is 13.7. The van der Waals surface area contributed by atoms with Gasteiger partial charge in [-0.2, -0.15) is 10.5 Å². The molecule has 2 atom stereocenters. The lowest BCUT2D eigenvalue weighted by Crippen LogP contribution is -2.32. The Hall–Kier alpha value is -2.82. The van der Waals surface area contributed by atoms with Crippen LogP contribution in [-0.2, 0) is 10.3 Å². The second kappa shape index (κ2) is 6.00. The first-order valence-electron chi connectivity index (χ1n) is 7.79. The van der Waals surface area contributed by atoms with E-state index < -0.39 is 11.2 Å². The average Bonchev–Trinajstić information content (AvgIpc) is 2.97. The molecule has 1 aliphatic rings. The van der Waals surface area contributed by atoms with Gasteiger partial charge in [-0.1, -0.05) is 42.5 Å². The predicted octanol–water partition coefficient (Wildman–Crippen LogP) is 3.90. The van der Waals surface area contributed by atoms with Crippen molar-refractivity contribution in [2.75, 3.05) is 7.11 Å². The lowest BCUT2D eigenvalue weighted by Gasteiger charge is -2.25. The van der Waals surface area contributed by atoms with Crippen LogP contribution in [0.15, 0.2) is 54.6 Å². The second-order valence-electron chi connectivity index (χ2n) is 6.19. The summed E-state index contributed by atoms with van der Waals surface area (Å²) in [6.45, 7) is 1.94. The van der Waals surface area contributed by atoms with E-state index in [0.29, 0.717) is 6.42 Å². The summed E-state index contributed by atoms with van der Waals surface area (Å²) in [5.41, 5.74) is -0.314. The van der Waals surface area contributed by atoms with Crippen molar-refractivity contribution in [2.24, 2.45) is 0 Å². The van der Waals surface area contributed by atoms with Crippen molar-refractivity contribution >= 4 is 0 Å². The van der Waals surface area contributed by atoms with Gasteiger partial charge in [0, 0.05) is 5.92 Å². The first-order chi connectivity index (χ1) is 11.6. The van der Waals surface area contributed by atoms with Gasteiger partial charge >= 0.3 is 0 Å². The molecule has 0 N–H and O–H groups in total. The van der Waals surface area contributed by atoms with E-state index in [4.69, 9.17) is 9.47 Å². The lowest BCUT2D eigenvalue weighted by atomic mass is 9.79. The van der Waals surface area contributed by atoms with Gasteiger partial charge in [0.05, 0.1) is 12.7 Å². The standard InChI is InChI=1S/C20H18N2O2/c1-19(16-6-4-3-5-7-16)12-18(20(13-21,14-22)24-19)15-8-10-17(23-2)11-9-15/h3-11,18H,12H2,1-2H3/t18-,19+/m0/s1.